The molecule has 0 aromatic heterocycles. The monoisotopic (exact) mass is 383 g/mol. The molecular formula is C22H26FN3O2. The van der Waals surface area contributed by atoms with Crippen LogP contribution < -0.4 is 10.2 Å². The van der Waals surface area contributed by atoms with Gasteiger partial charge in [-0.15, -0.1) is 0 Å². The van der Waals surface area contributed by atoms with E-state index in [4.69, 9.17) is 0 Å². The highest BCUT2D eigenvalue weighted by Gasteiger charge is 2.27. The number of nitrogens with zero attached hydrogens (tertiary/aromatic N) is 2. The summed E-state index contributed by atoms with van der Waals surface area (Å²) in [4.78, 5) is 28.5. The Labute approximate surface area is 165 Å². The summed E-state index contributed by atoms with van der Waals surface area (Å²) >= 11 is 0. The molecule has 28 heavy (non-hydrogen) atoms. The molecule has 1 N–H and O–H groups in total. The fourth-order valence-electron chi connectivity index (χ4n) is 3.21. The average Bonchev–Trinajstić information content (AvgIpc) is 2.64. The number of carbonyl (C=O) groups is 2. The molecule has 0 spiro atoms. The third kappa shape index (κ3) is 4.68. The number of benzene rings is 2. The maximum Gasteiger partial charge on any atom is 0.324 e. The van der Waals surface area contributed by atoms with Crippen molar-refractivity contribution in [3.63, 3.8) is 0 Å². The Morgan fingerprint density at radius 2 is 1.75 bits per heavy atom. The van der Waals surface area contributed by atoms with Gasteiger partial charge in [0, 0.05) is 35.4 Å². The van der Waals surface area contributed by atoms with Crippen LogP contribution >= 0.6 is 0 Å². The molecule has 2 aromatic rings. The minimum atomic E-state index is -0.314. The van der Waals surface area contributed by atoms with E-state index in [1.807, 2.05) is 20.8 Å². The molecule has 0 atom stereocenters. The van der Waals surface area contributed by atoms with Gasteiger partial charge in [-0.25, -0.2) is 9.18 Å². The van der Waals surface area contributed by atoms with Crippen LogP contribution in [0.3, 0.4) is 0 Å². The van der Waals surface area contributed by atoms with Crippen molar-refractivity contribution in [2.75, 3.05) is 18.0 Å². The lowest BCUT2D eigenvalue weighted by Gasteiger charge is -2.35. The van der Waals surface area contributed by atoms with Crippen LogP contribution in [-0.4, -0.2) is 35.5 Å². The maximum absolute atomic E-state index is 13.9. The smallest absolute Gasteiger partial charge is 0.324 e. The Hall–Kier alpha value is -2.89. The molecule has 3 amide bonds. The van der Waals surface area contributed by atoms with Gasteiger partial charge in [0.2, 0.25) is 0 Å². The van der Waals surface area contributed by atoms with Gasteiger partial charge in [-0.05, 0) is 57.5 Å². The van der Waals surface area contributed by atoms with E-state index in [9.17, 15) is 14.0 Å². The van der Waals surface area contributed by atoms with E-state index in [1.54, 1.807) is 52.3 Å². The Morgan fingerprint density at radius 3 is 2.39 bits per heavy atom. The zero-order chi connectivity index (χ0) is 20.3. The van der Waals surface area contributed by atoms with Gasteiger partial charge in [-0.3, -0.25) is 9.69 Å². The van der Waals surface area contributed by atoms with Gasteiger partial charge < -0.3 is 10.2 Å². The lowest BCUT2D eigenvalue weighted by molar-refractivity contribution is 0.0919. The molecule has 0 bridgehead atoms. The lowest BCUT2D eigenvalue weighted by Crippen LogP contribution is -2.49. The number of nitrogens with one attached hydrogen (secondary N) is 1. The largest absolute Gasteiger partial charge is 0.347 e. The van der Waals surface area contributed by atoms with Crippen molar-refractivity contribution in [3.8, 4) is 0 Å². The fraction of sp³-hybridized carbons (Fsp3) is 0.364. The minimum absolute atomic E-state index is 0.148. The second-order valence-corrected chi connectivity index (χ2v) is 8.05. The van der Waals surface area contributed by atoms with Crippen LogP contribution in [0.2, 0.25) is 0 Å². The number of carbonyl (C=O) groups excluding carboxylic acids is 2. The van der Waals surface area contributed by atoms with Crippen LogP contribution in [-0.2, 0) is 6.54 Å². The van der Waals surface area contributed by atoms with E-state index < -0.39 is 0 Å². The molecule has 148 valence electrons. The van der Waals surface area contributed by atoms with E-state index in [1.165, 1.54) is 6.07 Å². The standard InChI is InChI=1S/C22H26FN3O2/c1-22(2,3)24-20(27)16-9-11-18(12-10-16)26-14-6-13-25(21(26)28)15-17-7-4-5-8-19(17)23/h4-5,7-12H,6,13-15H2,1-3H3,(H,24,27). The number of hydrogen-bond acceptors (Lipinski definition) is 2. The van der Waals surface area contributed by atoms with Crippen molar-refractivity contribution >= 4 is 17.6 Å². The highest BCUT2D eigenvalue weighted by atomic mass is 19.1. The molecule has 1 saturated heterocycles. The molecule has 1 aliphatic rings. The van der Waals surface area contributed by atoms with E-state index in [0.717, 1.165) is 12.1 Å². The molecular weight excluding hydrogens is 357 g/mol. The number of halogens is 1. The Morgan fingerprint density at radius 1 is 1.07 bits per heavy atom. The summed E-state index contributed by atoms with van der Waals surface area (Å²) < 4.78 is 13.9. The van der Waals surface area contributed by atoms with Crippen LogP contribution in [0.1, 0.15) is 43.1 Å². The van der Waals surface area contributed by atoms with Crippen molar-refractivity contribution in [1.82, 2.24) is 10.2 Å². The predicted molar refractivity (Wildman–Crippen MR) is 108 cm³/mol. The number of hydrogen-bond donors (Lipinski definition) is 1. The van der Waals surface area contributed by atoms with E-state index in [-0.39, 0.29) is 29.8 Å². The molecule has 0 radical (unpaired) electrons. The van der Waals surface area contributed by atoms with E-state index in [0.29, 0.717) is 24.2 Å². The number of rotatable bonds is 4. The third-order valence-corrected chi connectivity index (χ3v) is 4.56. The zero-order valence-corrected chi connectivity index (χ0v) is 16.5. The first kappa shape index (κ1) is 19.9. The summed E-state index contributed by atoms with van der Waals surface area (Å²) in [5, 5.41) is 2.92. The first-order chi connectivity index (χ1) is 13.2. The van der Waals surface area contributed by atoms with Gasteiger partial charge in [-0.2, -0.15) is 0 Å². The molecule has 0 unspecified atom stereocenters. The van der Waals surface area contributed by atoms with Gasteiger partial charge in [-0.1, -0.05) is 18.2 Å². The van der Waals surface area contributed by atoms with Crippen LogP contribution in [0.15, 0.2) is 48.5 Å². The van der Waals surface area contributed by atoms with Gasteiger partial charge in [0.15, 0.2) is 0 Å². The highest BCUT2D eigenvalue weighted by molar-refractivity contribution is 5.96. The SMILES string of the molecule is CC(C)(C)NC(=O)c1ccc(N2CCCN(Cc3ccccc3F)C2=O)cc1. The fourth-order valence-corrected chi connectivity index (χ4v) is 3.21. The van der Waals surface area contributed by atoms with Gasteiger partial charge in [0.05, 0.1) is 6.54 Å². The molecule has 1 fully saturated rings. The minimum Gasteiger partial charge on any atom is -0.347 e. The average molecular weight is 383 g/mol. The summed E-state index contributed by atoms with van der Waals surface area (Å²) in [5.41, 5.74) is 1.47. The van der Waals surface area contributed by atoms with Crippen molar-refractivity contribution in [2.24, 2.45) is 0 Å². The van der Waals surface area contributed by atoms with E-state index >= 15 is 0 Å². The van der Waals surface area contributed by atoms with Gasteiger partial charge in [0.25, 0.3) is 5.91 Å². The highest BCUT2D eigenvalue weighted by Crippen LogP contribution is 2.23. The first-order valence-corrected chi connectivity index (χ1v) is 9.47. The summed E-state index contributed by atoms with van der Waals surface area (Å²) in [6.07, 6.45) is 0.798. The summed E-state index contributed by atoms with van der Waals surface area (Å²) in [6, 6.07) is 13.4. The molecule has 1 heterocycles. The van der Waals surface area contributed by atoms with E-state index in [2.05, 4.69) is 5.32 Å². The number of anilines is 1. The molecule has 1 aliphatic heterocycles. The Kier molecular flexibility index (Phi) is 5.68. The molecule has 5 nitrogen and oxygen atoms in total. The number of urea groups is 1. The van der Waals surface area contributed by atoms with Crippen LogP contribution in [0.25, 0.3) is 0 Å². The normalized spacial score (nSPS) is 14.9. The van der Waals surface area contributed by atoms with Crippen molar-refractivity contribution in [1.29, 1.82) is 0 Å². The topological polar surface area (TPSA) is 52.7 Å². The summed E-state index contributed by atoms with van der Waals surface area (Å²) in [7, 11) is 0. The Bertz CT molecular complexity index is 859. The van der Waals surface area contributed by atoms with Crippen LogP contribution in [0, 0.1) is 5.82 Å². The second-order valence-electron chi connectivity index (χ2n) is 8.05. The lowest BCUT2D eigenvalue weighted by atomic mass is 10.1. The summed E-state index contributed by atoms with van der Waals surface area (Å²) in [5.74, 6) is -0.452. The molecule has 0 aliphatic carbocycles. The second kappa shape index (κ2) is 8.00. The van der Waals surface area contributed by atoms with Crippen molar-refractivity contribution in [3.05, 3.63) is 65.5 Å². The van der Waals surface area contributed by atoms with Crippen molar-refractivity contribution in [2.45, 2.75) is 39.3 Å². The zero-order valence-electron chi connectivity index (χ0n) is 16.5. The van der Waals surface area contributed by atoms with Crippen LogP contribution in [0.5, 0.6) is 0 Å². The van der Waals surface area contributed by atoms with Crippen LogP contribution in [0.4, 0.5) is 14.9 Å². The quantitative estimate of drug-likeness (QED) is 0.861. The first-order valence-electron chi connectivity index (χ1n) is 9.47. The molecule has 2 aromatic carbocycles. The molecule has 3 rings (SSSR count). The molecule has 0 saturated carbocycles. The Balaban J connectivity index is 1.72. The van der Waals surface area contributed by atoms with Crippen molar-refractivity contribution < 1.29 is 14.0 Å². The van der Waals surface area contributed by atoms with Gasteiger partial charge in [0.1, 0.15) is 5.82 Å². The third-order valence-electron chi connectivity index (χ3n) is 4.56. The molecule has 6 heteroatoms. The predicted octanol–water partition coefficient (Wildman–Crippen LogP) is 4.19. The van der Waals surface area contributed by atoms with Gasteiger partial charge >= 0.3 is 6.03 Å². The number of amides is 3. The summed E-state index contributed by atoms with van der Waals surface area (Å²) in [6.45, 7) is 7.21. The maximum atomic E-state index is 13.9.